The van der Waals surface area contributed by atoms with Crippen LogP contribution in [0.5, 0.6) is 0 Å². The van der Waals surface area contributed by atoms with Gasteiger partial charge < -0.3 is 9.83 Å². The number of aryl methyl sites for hydroxylation is 7. The van der Waals surface area contributed by atoms with Gasteiger partial charge >= 0.3 is 28.4 Å². The number of benzene rings is 5. The summed E-state index contributed by atoms with van der Waals surface area (Å²) in [5.74, 6) is -3.75. The number of carbonyl (C=O) groups excluding carboxylic acids is 5. The van der Waals surface area contributed by atoms with Gasteiger partial charge in [0.05, 0.1) is 90.0 Å². The van der Waals surface area contributed by atoms with Gasteiger partial charge in [0.25, 0.3) is 33.6 Å². The van der Waals surface area contributed by atoms with Crippen molar-refractivity contribution in [2.45, 2.75) is 173 Å². The van der Waals surface area contributed by atoms with Crippen molar-refractivity contribution in [3.05, 3.63) is 458 Å². The van der Waals surface area contributed by atoms with E-state index < -0.39 is 85.2 Å². The number of rotatable bonds is 23. The average molecular weight is 1940 g/mol. The number of H-pyrrole nitrogens is 6. The Balaban J connectivity index is 0.000000184. The van der Waals surface area contributed by atoms with Crippen molar-refractivity contribution in [1.82, 2.24) is 68.1 Å². The number of hydrogen-bond acceptors (Lipinski definition) is 24. The molecule has 0 aliphatic rings. The smallest absolute Gasteiger partial charge is 0.329 e. The van der Waals surface area contributed by atoms with Crippen molar-refractivity contribution < 1.29 is 24.0 Å². The van der Waals surface area contributed by atoms with E-state index in [2.05, 4.69) is 54.7 Å². The molecule has 0 fully saturated rings. The SMILES string of the molecule is Cc1cc(C#N)cc(C(=O)c2[nH]c(=O)[nH]c(=O)c2C(C)C)c1.Cc1cc(C#N)cc(C(=O)c2c(C(C)C)c(=O)[nH]c(=O)n2Cc2cc(C)nc(C)c2)c1.Cc1cc(C#N)cc(C(=O)c2c(C(C)C)c(=O)[nH]c(=O)n2Cc2ccnc(Cl)c2)c1.Cc1cc(C#N)cc(C(=O)c2c(C(C)C)c(=O)[nH]c(=O)n2Cc2ccncc2)c1.[C-]#[N+]c1cc(Cn2c(C(=O)c3cc(C)cc(C#N)c3)c(C(C)C)c(=O)[nH]c2=O)ccn1. The van der Waals surface area contributed by atoms with Crippen LogP contribution in [-0.2, 0) is 26.2 Å². The fraction of sp³-hybridized carbons (Fsp3) is 0.243. The Morgan fingerprint density at radius 2 is 0.608 bits per heavy atom. The van der Waals surface area contributed by atoms with Crippen LogP contribution in [0.2, 0.25) is 5.15 Å². The molecule has 0 bridgehead atoms. The first kappa shape index (κ1) is 107. The van der Waals surface area contributed by atoms with E-state index in [0.717, 1.165) is 44.8 Å². The van der Waals surface area contributed by atoms with Crippen LogP contribution in [0, 0.1) is 112 Å². The minimum Gasteiger partial charge on any atom is -0.361 e. The molecular formula is C107H97ClN20O15. The van der Waals surface area contributed by atoms with Crippen molar-refractivity contribution in [1.29, 1.82) is 26.3 Å². The molecule has 0 saturated carbocycles. The van der Waals surface area contributed by atoms with E-state index >= 15 is 0 Å². The summed E-state index contributed by atoms with van der Waals surface area (Å²) >= 11 is 5.95. The first-order valence-corrected chi connectivity index (χ1v) is 45.0. The van der Waals surface area contributed by atoms with E-state index in [-0.39, 0.29) is 151 Å². The molecule has 0 atom stereocenters. The van der Waals surface area contributed by atoms with Gasteiger partial charge in [0.2, 0.25) is 28.9 Å². The van der Waals surface area contributed by atoms with Gasteiger partial charge in [-0.15, -0.1) is 4.98 Å². The highest BCUT2D eigenvalue weighted by molar-refractivity contribution is 6.29. The number of nitrogens with one attached hydrogen (secondary N) is 6. The molecule has 0 aliphatic carbocycles. The number of ketones is 5. The zero-order valence-electron chi connectivity index (χ0n) is 81.1. The zero-order chi connectivity index (χ0) is 105. The third kappa shape index (κ3) is 25.9. The highest BCUT2D eigenvalue weighted by atomic mass is 35.5. The Labute approximate surface area is 822 Å². The quantitative estimate of drug-likeness (QED) is 0.0197. The van der Waals surface area contributed by atoms with Crippen LogP contribution in [0.15, 0.2) is 212 Å². The summed E-state index contributed by atoms with van der Waals surface area (Å²) in [6.07, 6.45) is 6.14. The van der Waals surface area contributed by atoms with Crippen LogP contribution in [-0.4, -0.2) is 97.0 Å². The molecule has 9 heterocycles. The predicted octanol–water partition coefficient (Wildman–Crippen LogP) is 13.5. The highest BCUT2D eigenvalue weighted by Gasteiger charge is 2.32. The van der Waals surface area contributed by atoms with Gasteiger partial charge in [-0.3, -0.25) is 101 Å². The van der Waals surface area contributed by atoms with Crippen LogP contribution < -0.4 is 56.2 Å². The summed E-state index contributed by atoms with van der Waals surface area (Å²) in [5, 5.41) is 46.3. The summed E-state index contributed by atoms with van der Waals surface area (Å²) in [7, 11) is 0. The van der Waals surface area contributed by atoms with E-state index in [1.54, 1.807) is 207 Å². The number of aromatic amines is 6. The molecule has 14 aromatic rings. The minimum atomic E-state index is -0.731. The normalized spacial score (nSPS) is 10.7. The Morgan fingerprint density at radius 1 is 0.336 bits per heavy atom. The van der Waals surface area contributed by atoms with Crippen LogP contribution in [0.3, 0.4) is 0 Å². The fourth-order valence-electron chi connectivity index (χ4n) is 16.3. The second kappa shape index (κ2) is 46.7. The molecule has 6 N–H and O–H groups in total. The number of halogens is 1. The molecule has 722 valence electrons. The molecule has 0 unspecified atom stereocenters. The third-order valence-electron chi connectivity index (χ3n) is 22.2. The molecule has 0 radical (unpaired) electrons. The van der Waals surface area contributed by atoms with Gasteiger partial charge in [0.15, 0.2) is 0 Å². The molecule has 9 aromatic heterocycles. The first-order valence-electron chi connectivity index (χ1n) is 44.6. The topological polar surface area (TPSA) is 545 Å². The van der Waals surface area contributed by atoms with Crippen molar-refractivity contribution in [3.8, 4) is 30.3 Å². The average Bonchev–Trinajstić information content (AvgIpc) is 0.771. The van der Waals surface area contributed by atoms with Gasteiger partial charge in [-0.1, -0.05) is 87.4 Å². The van der Waals surface area contributed by atoms with E-state index in [1.807, 2.05) is 56.3 Å². The summed E-state index contributed by atoms with van der Waals surface area (Å²) in [6, 6.07) is 47.5. The van der Waals surface area contributed by atoms with Gasteiger partial charge in [0.1, 0.15) is 34.1 Å². The zero-order valence-corrected chi connectivity index (χ0v) is 81.8. The maximum absolute atomic E-state index is 13.6. The van der Waals surface area contributed by atoms with Crippen LogP contribution >= 0.6 is 11.6 Å². The molecule has 0 spiro atoms. The number of nitriles is 5. The molecular weight excluding hydrogens is 1840 g/mol. The van der Waals surface area contributed by atoms with Crippen molar-refractivity contribution in [2.75, 3.05) is 0 Å². The summed E-state index contributed by atoms with van der Waals surface area (Å²) in [5.41, 5.74) is 5.67. The molecule has 35 nitrogen and oxygen atoms in total. The lowest BCUT2D eigenvalue weighted by Gasteiger charge is -2.18. The molecule has 0 aliphatic heterocycles. The van der Waals surface area contributed by atoms with Crippen LogP contribution in [0.25, 0.3) is 4.85 Å². The molecule has 5 aromatic carbocycles. The standard InChI is InChI=1S/C24H24N4O3.C23H19N5O3.C22H19ClN4O3.C22H20N4O3.C16H15N3O3/c1-13(2)20-21(22(29)19-7-14(3)6-17(10-19)11-25)28(24(31)27-23(20)30)12-18-8-15(4)26-16(5)9-18;1-13(2)19-20(21(29)17-8-14(3)7-16(9-17)11-24)28(23(31)27-22(19)30)12-15-5-6-26-18(10-15)25-4;1-12(2)18-19(20(28)16-7-13(3)6-15(8-16)10-24)27(22(30)26-21(18)29)11-14-4-5-25-17(23)9-14;1-13(2)18-19(20(27)17-9-14(3)8-16(10-17)11-23)26(22(29)25-21(18)28)12-15-4-6-24-7-5-15;1-8(2)12-13(18-16(22)19-15(12)21)14(20)11-5-9(3)4-10(6-11)7-17/h6-10,13H,12H2,1-5H3,(H,27,30,31);5-10,13H,12H2,1-3H3,(H,27,30,31);4-9,12H,11H2,1-3H3,(H,26,29,30);4-10,13H,12H2,1-3H3,(H,25,28,29);4-6,8H,1-3H3,(H2,18,19,21,22). The Morgan fingerprint density at radius 3 is 0.902 bits per heavy atom. The van der Waals surface area contributed by atoms with E-state index in [0.29, 0.717) is 44.5 Å². The predicted molar refractivity (Wildman–Crippen MR) is 534 cm³/mol. The molecule has 0 amide bonds. The molecule has 143 heavy (non-hydrogen) atoms. The molecule has 36 heteroatoms. The maximum Gasteiger partial charge on any atom is 0.329 e. The van der Waals surface area contributed by atoms with Crippen molar-refractivity contribution >= 4 is 46.3 Å². The second-order valence-corrected chi connectivity index (χ2v) is 35.7. The van der Waals surface area contributed by atoms with E-state index in [1.165, 1.54) is 67.1 Å². The second-order valence-electron chi connectivity index (χ2n) is 35.3. The number of aromatic nitrogens is 14. The monoisotopic (exact) mass is 1940 g/mol. The number of pyridine rings is 4. The van der Waals surface area contributed by atoms with Crippen LogP contribution in [0.1, 0.15) is 296 Å². The third-order valence-corrected chi connectivity index (χ3v) is 22.4. The van der Waals surface area contributed by atoms with E-state index in [4.69, 9.17) is 23.4 Å². The maximum atomic E-state index is 13.6. The van der Waals surface area contributed by atoms with Crippen LogP contribution in [0.4, 0.5) is 5.82 Å². The Bertz CT molecular complexity index is 8380. The first-order chi connectivity index (χ1) is 67.7. The molecule has 0 saturated heterocycles. The number of nitrogens with zero attached hydrogens (tertiary/aromatic N) is 14. The van der Waals surface area contributed by atoms with Crippen molar-refractivity contribution in [3.63, 3.8) is 0 Å². The lowest BCUT2D eigenvalue weighted by atomic mass is 9.95. The Kier molecular flexibility index (Phi) is 34.8. The number of carbonyl (C=O) groups is 5. The van der Waals surface area contributed by atoms with Gasteiger partial charge in [0, 0.05) is 85.6 Å². The lowest BCUT2D eigenvalue weighted by molar-refractivity contribution is 0.101. The minimum absolute atomic E-state index is 0.00109. The van der Waals surface area contributed by atoms with Crippen molar-refractivity contribution in [2.24, 2.45) is 0 Å². The summed E-state index contributed by atoms with van der Waals surface area (Å²) in [4.78, 5) is 225. The van der Waals surface area contributed by atoms with Gasteiger partial charge in [-0.05, 0) is 268 Å². The fourth-order valence-corrected chi connectivity index (χ4v) is 16.5. The summed E-state index contributed by atoms with van der Waals surface area (Å²) in [6.45, 7) is 37.7. The summed E-state index contributed by atoms with van der Waals surface area (Å²) < 4.78 is 5.03. The highest BCUT2D eigenvalue weighted by Crippen LogP contribution is 2.29. The molecule has 14 rings (SSSR count). The number of hydrogen-bond donors (Lipinski definition) is 6. The van der Waals surface area contributed by atoms with Gasteiger partial charge in [-0.25, -0.2) is 29.0 Å². The lowest BCUT2D eigenvalue weighted by Crippen LogP contribution is -2.38. The Hall–Kier alpha value is -18.3. The van der Waals surface area contributed by atoms with Gasteiger partial charge in [-0.2, -0.15) is 26.3 Å². The van der Waals surface area contributed by atoms with E-state index in [9.17, 15) is 93.0 Å². The largest absolute Gasteiger partial charge is 0.361 e.